The Morgan fingerprint density at radius 2 is 0.711 bits per heavy atom. The third-order valence-electron chi connectivity index (χ3n) is 12.7. The SMILES string of the molecule is Cc1ccc(S(=O)(=O)N=S(=O)(Cc2cccc(C#Cc3ccc4ccccc4c3-c3c(C#Cc4cccc(CS(=O)(=NS(=O)(=O)c5ccc(C)cc5)c5ccccc5)c4)ccc4ccccc34)c2)c2ccccc2)cc1. The van der Waals surface area contributed by atoms with Crippen molar-refractivity contribution < 1.29 is 25.3 Å². The second kappa shape index (κ2) is 21.5. The minimum atomic E-state index is -4.30. The van der Waals surface area contributed by atoms with Gasteiger partial charge in [0.25, 0.3) is 20.0 Å². The first kappa shape index (κ1) is 51.1. The van der Waals surface area contributed by atoms with Crippen LogP contribution < -0.4 is 0 Å². The zero-order valence-corrected chi connectivity index (χ0v) is 44.6. The molecule has 0 spiro atoms. The summed E-state index contributed by atoms with van der Waals surface area (Å²) in [6.07, 6.45) is 0. The number of rotatable bonds is 11. The van der Waals surface area contributed by atoms with E-state index in [4.69, 9.17) is 0 Å². The molecule has 12 heteroatoms. The van der Waals surface area contributed by atoms with E-state index in [1.165, 1.54) is 24.3 Å². The lowest BCUT2D eigenvalue weighted by atomic mass is 9.87. The molecule has 10 aromatic rings. The molecule has 76 heavy (non-hydrogen) atoms. The summed E-state index contributed by atoms with van der Waals surface area (Å²) in [5, 5.41) is 3.93. The molecule has 0 heterocycles. The number of hydrogen-bond donors (Lipinski definition) is 0. The van der Waals surface area contributed by atoms with Gasteiger partial charge in [-0.2, -0.15) is 16.8 Å². The molecule has 0 saturated heterocycles. The van der Waals surface area contributed by atoms with Gasteiger partial charge in [-0.1, -0.05) is 180 Å². The maximum atomic E-state index is 14.9. The Morgan fingerprint density at radius 3 is 1.11 bits per heavy atom. The number of nitrogens with zero attached hydrogens (tertiary/aromatic N) is 2. The largest absolute Gasteiger partial charge is 0.290 e. The first-order chi connectivity index (χ1) is 36.6. The standard InChI is InChI=1S/C64H48N2O6S4/c1-47-27-39-59(40-28-47)75(69,70)65-73(67,57-21-5-3-6-22-57)45-51-17-13-15-49(43-51)31-33-55-37-35-53-19-9-11-25-61(53)63(55)64-56(38-36-54-20-10-12-26-62(54)64)34-32-50-16-14-18-52(44-50)46-74(68,58-23-7-4-8-24-58)66-76(71,72)60-41-29-48(2)30-42-60/h3-30,35-44H,45-46H2,1-2H3. The second-order valence-corrected chi connectivity index (χ2v) is 26.4. The fourth-order valence-electron chi connectivity index (χ4n) is 8.89. The van der Waals surface area contributed by atoms with Crippen LogP contribution in [0.5, 0.6) is 0 Å². The highest BCUT2D eigenvalue weighted by Gasteiger charge is 2.24. The lowest BCUT2D eigenvalue weighted by Gasteiger charge is -2.15. The lowest BCUT2D eigenvalue weighted by molar-refractivity contribution is 0.595. The zero-order chi connectivity index (χ0) is 52.9. The molecule has 374 valence electrons. The van der Waals surface area contributed by atoms with Crippen LogP contribution in [0.4, 0.5) is 0 Å². The monoisotopic (exact) mass is 1070 g/mol. The second-order valence-electron chi connectivity index (χ2n) is 18.2. The number of aryl methyl sites for hydroxylation is 2. The Morgan fingerprint density at radius 1 is 0.342 bits per heavy atom. The van der Waals surface area contributed by atoms with E-state index < -0.39 is 39.5 Å². The highest BCUT2D eigenvalue weighted by Crippen LogP contribution is 2.39. The summed E-state index contributed by atoms with van der Waals surface area (Å²) in [7, 11) is -15.7. The smallest absolute Gasteiger partial charge is 0.243 e. The van der Waals surface area contributed by atoms with Gasteiger partial charge in [0.15, 0.2) is 0 Å². The van der Waals surface area contributed by atoms with E-state index in [2.05, 4.69) is 55.5 Å². The van der Waals surface area contributed by atoms with Crippen LogP contribution in [-0.2, 0) is 51.0 Å². The zero-order valence-electron chi connectivity index (χ0n) is 41.3. The van der Waals surface area contributed by atoms with E-state index in [9.17, 15) is 25.3 Å². The van der Waals surface area contributed by atoms with Crippen LogP contribution in [0, 0.1) is 37.5 Å². The van der Waals surface area contributed by atoms with Gasteiger partial charge in [-0.25, -0.2) is 8.42 Å². The molecule has 8 nitrogen and oxygen atoms in total. The van der Waals surface area contributed by atoms with Gasteiger partial charge in [-0.05, 0) is 131 Å². The molecule has 0 aromatic heterocycles. The Bertz CT molecular complexity index is 4210. The van der Waals surface area contributed by atoms with E-state index in [-0.39, 0.29) is 21.3 Å². The predicted molar refractivity (Wildman–Crippen MR) is 306 cm³/mol. The van der Waals surface area contributed by atoms with Crippen LogP contribution in [0.2, 0.25) is 0 Å². The van der Waals surface area contributed by atoms with Gasteiger partial charge in [-0.3, -0.25) is 0 Å². The average molecular weight is 1070 g/mol. The predicted octanol–water partition coefficient (Wildman–Crippen LogP) is 13.9. The minimum absolute atomic E-state index is 0.0352. The number of fused-ring (bicyclic) bond motifs is 2. The van der Waals surface area contributed by atoms with Gasteiger partial charge in [0, 0.05) is 43.2 Å². The minimum Gasteiger partial charge on any atom is -0.243 e. The summed E-state index contributed by atoms with van der Waals surface area (Å²) in [6.45, 7) is 3.72. The third-order valence-corrected chi connectivity index (χ3v) is 21.4. The Kier molecular flexibility index (Phi) is 14.4. The van der Waals surface area contributed by atoms with E-state index >= 15 is 0 Å². The number of sulfonamides is 2. The molecule has 0 aliphatic heterocycles. The molecule has 0 N–H and O–H groups in total. The van der Waals surface area contributed by atoms with E-state index in [1.807, 2.05) is 98.8 Å². The van der Waals surface area contributed by atoms with Gasteiger partial charge in [0.05, 0.1) is 40.8 Å². The normalized spacial score (nSPS) is 13.0. The molecule has 0 aliphatic rings. The van der Waals surface area contributed by atoms with Crippen molar-refractivity contribution in [2.24, 2.45) is 7.54 Å². The molecule has 0 bridgehead atoms. The van der Waals surface area contributed by atoms with E-state index in [0.717, 1.165) is 54.9 Å². The molecule has 2 atom stereocenters. The lowest BCUT2D eigenvalue weighted by Crippen LogP contribution is -2.09. The number of benzene rings is 10. The molecule has 2 unspecified atom stereocenters. The molecule has 0 saturated carbocycles. The van der Waals surface area contributed by atoms with Crippen LogP contribution in [-0.4, -0.2) is 25.3 Å². The van der Waals surface area contributed by atoms with Crippen molar-refractivity contribution in [3.8, 4) is 34.8 Å². The van der Waals surface area contributed by atoms with Crippen molar-refractivity contribution >= 4 is 61.0 Å². The van der Waals surface area contributed by atoms with Gasteiger partial charge in [0.1, 0.15) is 0 Å². The van der Waals surface area contributed by atoms with Crippen molar-refractivity contribution in [1.29, 1.82) is 0 Å². The Hall–Kier alpha value is -8.36. The third kappa shape index (κ3) is 11.3. The highest BCUT2D eigenvalue weighted by molar-refractivity contribution is 8.03. The fourth-order valence-corrected chi connectivity index (χ4v) is 16.9. The van der Waals surface area contributed by atoms with Crippen molar-refractivity contribution in [2.45, 2.75) is 44.9 Å². The van der Waals surface area contributed by atoms with Crippen LogP contribution >= 0.6 is 0 Å². The Labute approximate surface area is 445 Å². The quantitative estimate of drug-likeness (QED) is 0.119. The summed E-state index contributed by atoms with van der Waals surface area (Å²) < 4.78 is 92.9. The molecule has 10 aromatic carbocycles. The maximum absolute atomic E-state index is 14.9. The molecular weight excluding hydrogens is 1020 g/mol. The van der Waals surface area contributed by atoms with Crippen molar-refractivity contribution in [2.75, 3.05) is 0 Å². The average Bonchev–Trinajstić information content (AvgIpc) is 3.43. The first-order valence-electron chi connectivity index (χ1n) is 24.2. The van der Waals surface area contributed by atoms with Gasteiger partial charge >= 0.3 is 0 Å². The Balaban J connectivity index is 1.04. The molecular formula is C64H48N2O6S4. The van der Waals surface area contributed by atoms with E-state index in [0.29, 0.717) is 32.0 Å². The van der Waals surface area contributed by atoms with E-state index in [1.54, 1.807) is 97.1 Å². The summed E-state index contributed by atoms with van der Waals surface area (Å²) in [4.78, 5) is 0.534. The summed E-state index contributed by atoms with van der Waals surface area (Å²) in [5.74, 6) is 13.4. The van der Waals surface area contributed by atoms with Crippen LogP contribution in [0.1, 0.15) is 44.5 Å². The van der Waals surface area contributed by atoms with Crippen LogP contribution in [0.25, 0.3) is 32.7 Å². The number of hydrogen-bond acceptors (Lipinski definition) is 6. The molecule has 0 radical (unpaired) electrons. The van der Waals surface area contributed by atoms with Gasteiger partial charge < -0.3 is 0 Å². The van der Waals surface area contributed by atoms with Crippen LogP contribution in [0.15, 0.2) is 258 Å². The van der Waals surface area contributed by atoms with Gasteiger partial charge in [-0.15, -0.1) is 7.54 Å². The van der Waals surface area contributed by atoms with Crippen molar-refractivity contribution in [3.63, 3.8) is 0 Å². The van der Waals surface area contributed by atoms with Crippen LogP contribution in [0.3, 0.4) is 0 Å². The summed E-state index contributed by atoms with van der Waals surface area (Å²) in [5.41, 5.74) is 7.45. The topological polar surface area (TPSA) is 127 Å². The molecule has 10 rings (SSSR count). The molecule has 0 aliphatic carbocycles. The molecule has 0 amide bonds. The fraction of sp³-hybridized carbons (Fsp3) is 0.0625. The van der Waals surface area contributed by atoms with Crippen molar-refractivity contribution in [1.82, 2.24) is 0 Å². The molecule has 0 fully saturated rings. The highest BCUT2D eigenvalue weighted by atomic mass is 32.3. The first-order valence-corrected chi connectivity index (χ1v) is 30.4. The summed E-state index contributed by atoms with van der Waals surface area (Å²) >= 11 is 0. The maximum Gasteiger partial charge on any atom is 0.290 e. The van der Waals surface area contributed by atoms with Gasteiger partial charge in [0.2, 0.25) is 0 Å². The van der Waals surface area contributed by atoms with Crippen molar-refractivity contribution in [3.05, 3.63) is 275 Å². The summed E-state index contributed by atoms with van der Waals surface area (Å²) in [6, 6.07) is 68.5.